The Morgan fingerprint density at radius 3 is 3.06 bits per heavy atom. The number of carbonyl (C=O) groups excluding carboxylic acids is 1. The maximum Gasteiger partial charge on any atom is 0.253 e. The van der Waals surface area contributed by atoms with Crippen molar-refractivity contribution in [3.63, 3.8) is 0 Å². The molecule has 0 spiro atoms. The molecule has 1 saturated heterocycles. The number of fused-ring (bicyclic) bond motifs is 1. The Kier molecular flexibility index (Phi) is 5.13. The number of nitriles is 1. The average molecular weight is 434 g/mol. The first kappa shape index (κ1) is 20.2. The summed E-state index contributed by atoms with van der Waals surface area (Å²) in [7, 11) is 0. The van der Waals surface area contributed by atoms with Gasteiger partial charge in [-0.25, -0.2) is 14.4 Å². The molecule has 3 aliphatic rings. The number of nitrogens with zero attached hydrogens (tertiary/aromatic N) is 5. The number of carbonyl (C=O) groups is 1. The van der Waals surface area contributed by atoms with Crippen molar-refractivity contribution in [2.75, 3.05) is 26.3 Å². The van der Waals surface area contributed by atoms with Crippen LogP contribution in [0, 0.1) is 17.1 Å². The van der Waals surface area contributed by atoms with E-state index in [2.05, 4.69) is 20.3 Å². The zero-order valence-corrected chi connectivity index (χ0v) is 17.0. The van der Waals surface area contributed by atoms with E-state index < -0.39 is 18.1 Å². The average Bonchev–Trinajstić information content (AvgIpc) is 3.36. The first-order valence-corrected chi connectivity index (χ1v) is 10.2. The standard InChI is InChI=1S/C22H19FN6O3/c23-15-3-1-2-12(7-24)19(15)16-6-14(20-17(27-16)8-26-22(20)31)21-25-9-18(28-21)29-4-5-32-11-13(30)10-29/h1-3,6,9,13,21,30H,4-5,8,10-11H2,(H,26,31)/t13-,21?/m1/s1. The summed E-state index contributed by atoms with van der Waals surface area (Å²) in [6.45, 7) is 1.83. The highest BCUT2D eigenvalue weighted by molar-refractivity contribution is 6.30. The van der Waals surface area contributed by atoms with Crippen molar-refractivity contribution in [2.24, 2.45) is 9.98 Å². The topological polar surface area (TPSA) is 123 Å². The number of benzene rings is 1. The van der Waals surface area contributed by atoms with Gasteiger partial charge < -0.3 is 20.1 Å². The number of aliphatic hydroxyl groups is 1. The molecule has 2 aromatic rings. The van der Waals surface area contributed by atoms with Gasteiger partial charge in [0.05, 0.1) is 66.2 Å². The Morgan fingerprint density at radius 1 is 1.34 bits per heavy atom. The summed E-state index contributed by atoms with van der Waals surface area (Å²) in [6.07, 6.45) is 0.245. The van der Waals surface area contributed by atoms with Gasteiger partial charge in [-0.15, -0.1) is 0 Å². The number of hydrogen-bond donors (Lipinski definition) is 2. The van der Waals surface area contributed by atoms with Crippen molar-refractivity contribution < 1.29 is 19.0 Å². The van der Waals surface area contributed by atoms with E-state index in [-0.39, 0.29) is 35.9 Å². The number of aliphatic imine (C=N–C) groups is 2. The molecule has 1 aromatic heterocycles. The predicted molar refractivity (Wildman–Crippen MR) is 113 cm³/mol. The first-order valence-electron chi connectivity index (χ1n) is 10.2. The molecule has 0 aliphatic carbocycles. The molecule has 0 saturated carbocycles. The van der Waals surface area contributed by atoms with E-state index in [4.69, 9.17) is 4.74 Å². The molecule has 10 heteroatoms. The molecule has 0 bridgehead atoms. The van der Waals surface area contributed by atoms with Crippen LogP contribution >= 0.6 is 0 Å². The van der Waals surface area contributed by atoms with Crippen molar-refractivity contribution in [1.82, 2.24) is 15.2 Å². The van der Waals surface area contributed by atoms with Gasteiger partial charge >= 0.3 is 0 Å². The summed E-state index contributed by atoms with van der Waals surface area (Å²) in [5.74, 6) is -0.286. The Balaban J connectivity index is 1.58. The predicted octanol–water partition coefficient (Wildman–Crippen LogP) is 1.18. The Bertz CT molecular complexity index is 1200. The van der Waals surface area contributed by atoms with Crippen molar-refractivity contribution >= 4 is 18.0 Å². The van der Waals surface area contributed by atoms with Crippen LogP contribution in [0.5, 0.6) is 0 Å². The number of aliphatic hydroxyl groups excluding tert-OH is 1. The number of ether oxygens (including phenoxy) is 1. The molecule has 3 aliphatic heterocycles. The first-order chi connectivity index (χ1) is 15.5. The van der Waals surface area contributed by atoms with Crippen molar-refractivity contribution in [3.05, 3.63) is 52.5 Å². The monoisotopic (exact) mass is 434 g/mol. The normalized spacial score (nSPS) is 22.2. The number of aromatic nitrogens is 1. The Morgan fingerprint density at radius 2 is 2.22 bits per heavy atom. The zero-order valence-electron chi connectivity index (χ0n) is 17.0. The molecule has 2 N–H and O–H groups in total. The second kappa shape index (κ2) is 8.11. The second-order valence-electron chi connectivity index (χ2n) is 7.69. The molecule has 0 radical (unpaired) electrons. The van der Waals surface area contributed by atoms with Gasteiger partial charge in [-0.1, -0.05) is 6.07 Å². The van der Waals surface area contributed by atoms with Crippen LogP contribution < -0.4 is 5.32 Å². The Labute approximate surface area is 182 Å². The number of rotatable bonds is 2. The minimum Gasteiger partial charge on any atom is -0.389 e. The minimum absolute atomic E-state index is 0.0809. The number of hydrogen-bond acceptors (Lipinski definition) is 8. The summed E-state index contributed by atoms with van der Waals surface area (Å²) in [4.78, 5) is 28.0. The highest BCUT2D eigenvalue weighted by Gasteiger charge is 2.32. The van der Waals surface area contributed by atoms with Crippen molar-refractivity contribution in [2.45, 2.75) is 18.8 Å². The van der Waals surface area contributed by atoms with E-state index in [1.54, 1.807) is 12.3 Å². The van der Waals surface area contributed by atoms with Crippen molar-refractivity contribution in [1.29, 1.82) is 5.26 Å². The van der Waals surface area contributed by atoms with Gasteiger partial charge in [-0.3, -0.25) is 9.79 Å². The van der Waals surface area contributed by atoms with Crippen molar-refractivity contribution in [3.8, 4) is 17.3 Å². The third kappa shape index (κ3) is 3.51. The van der Waals surface area contributed by atoms with Crippen LogP contribution in [-0.4, -0.2) is 65.4 Å². The maximum atomic E-state index is 14.7. The highest BCUT2D eigenvalue weighted by atomic mass is 19.1. The fourth-order valence-electron chi connectivity index (χ4n) is 4.11. The molecule has 9 nitrogen and oxygen atoms in total. The quantitative estimate of drug-likeness (QED) is 0.732. The van der Waals surface area contributed by atoms with Gasteiger partial charge in [-0.05, 0) is 18.2 Å². The summed E-state index contributed by atoms with van der Waals surface area (Å²) in [5.41, 5.74) is 1.81. The lowest BCUT2D eigenvalue weighted by Crippen LogP contribution is -2.37. The lowest BCUT2D eigenvalue weighted by Gasteiger charge is -2.21. The molecule has 162 valence electrons. The van der Waals surface area contributed by atoms with Gasteiger partial charge in [0.1, 0.15) is 11.7 Å². The van der Waals surface area contributed by atoms with Gasteiger partial charge in [0.25, 0.3) is 5.91 Å². The molecule has 1 aromatic carbocycles. The summed E-state index contributed by atoms with van der Waals surface area (Å²) >= 11 is 0. The Hall–Kier alpha value is -3.68. The maximum absolute atomic E-state index is 14.7. The van der Waals surface area contributed by atoms with Crippen LogP contribution in [0.1, 0.15) is 33.3 Å². The lowest BCUT2D eigenvalue weighted by atomic mass is 9.98. The third-order valence-corrected chi connectivity index (χ3v) is 5.59. The largest absolute Gasteiger partial charge is 0.389 e. The molecule has 2 atom stereocenters. The van der Waals surface area contributed by atoms with Gasteiger partial charge in [0.2, 0.25) is 0 Å². The number of nitrogens with one attached hydrogen (secondary N) is 1. The molecular formula is C22H19FN6O3. The van der Waals surface area contributed by atoms with E-state index in [9.17, 15) is 19.6 Å². The van der Waals surface area contributed by atoms with E-state index in [0.717, 1.165) is 0 Å². The van der Waals surface area contributed by atoms with Crippen LogP contribution in [0.3, 0.4) is 0 Å². The molecule has 1 unspecified atom stereocenters. The molecule has 1 amide bonds. The molecule has 32 heavy (non-hydrogen) atoms. The van der Waals surface area contributed by atoms with E-state index in [1.165, 1.54) is 18.2 Å². The third-order valence-electron chi connectivity index (χ3n) is 5.59. The van der Waals surface area contributed by atoms with E-state index >= 15 is 0 Å². The number of amides is 1. The van der Waals surface area contributed by atoms with Crippen LogP contribution in [0.2, 0.25) is 0 Å². The molecule has 1 fully saturated rings. The zero-order chi connectivity index (χ0) is 22.2. The summed E-state index contributed by atoms with van der Waals surface area (Å²) in [6, 6.07) is 7.84. The summed E-state index contributed by atoms with van der Waals surface area (Å²) < 4.78 is 20.0. The smallest absolute Gasteiger partial charge is 0.253 e. The lowest BCUT2D eigenvalue weighted by molar-refractivity contribution is 0.0581. The van der Waals surface area contributed by atoms with E-state index in [0.29, 0.717) is 42.4 Å². The van der Waals surface area contributed by atoms with Gasteiger partial charge in [0.15, 0.2) is 6.17 Å². The second-order valence-corrected chi connectivity index (χ2v) is 7.69. The van der Waals surface area contributed by atoms with Crippen LogP contribution in [-0.2, 0) is 11.3 Å². The fourth-order valence-corrected chi connectivity index (χ4v) is 4.11. The number of β-amino-alcohol motifs (C(OH)–C–C–N with tert-alkyl or cyclic N) is 1. The van der Waals surface area contributed by atoms with Crippen LogP contribution in [0.4, 0.5) is 4.39 Å². The molecule has 4 heterocycles. The van der Waals surface area contributed by atoms with Crippen LogP contribution in [0.15, 0.2) is 34.3 Å². The minimum atomic E-state index is -0.719. The molecular weight excluding hydrogens is 415 g/mol. The number of pyridine rings is 1. The summed E-state index contributed by atoms with van der Waals surface area (Å²) in [5, 5.41) is 22.2. The SMILES string of the molecule is N#Cc1cccc(F)c1-c1cc(C2N=CC(N3CCOC[C@H](O)C3)=N2)c2c(n1)CNC2=O. The van der Waals surface area contributed by atoms with Gasteiger partial charge in [0, 0.05) is 18.7 Å². The van der Waals surface area contributed by atoms with Crippen LogP contribution in [0.25, 0.3) is 11.3 Å². The number of halogens is 1. The molecule has 5 rings (SSSR count). The van der Waals surface area contributed by atoms with E-state index in [1.807, 2.05) is 11.0 Å². The number of amidine groups is 1. The van der Waals surface area contributed by atoms with Gasteiger partial charge in [-0.2, -0.15) is 5.26 Å². The highest BCUT2D eigenvalue weighted by Crippen LogP contribution is 2.35. The fraction of sp³-hybridized carbons (Fsp3) is 0.318.